The van der Waals surface area contributed by atoms with Crippen LogP contribution < -0.4 is 11.1 Å². The zero-order valence-electron chi connectivity index (χ0n) is 10.9. The highest BCUT2D eigenvalue weighted by Gasteiger charge is 2.16. The average molecular weight is 352 g/mol. The zero-order valence-corrected chi connectivity index (χ0v) is 13.2. The molecule has 1 fully saturated rings. The van der Waals surface area contributed by atoms with E-state index in [4.69, 9.17) is 5.73 Å². The van der Waals surface area contributed by atoms with Crippen LogP contribution in [0.2, 0.25) is 0 Å². The number of halogens is 1. The Hall–Kier alpha value is -0.300. The summed E-state index contributed by atoms with van der Waals surface area (Å²) in [5, 5.41) is 3.19. The number of nitrogens with two attached hydrogens (primary N) is 1. The molecule has 0 radical (unpaired) electrons. The maximum Gasteiger partial charge on any atom is 0.188 e. The van der Waals surface area contributed by atoms with Gasteiger partial charge >= 0.3 is 0 Å². The monoisotopic (exact) mass is 352 g/mol. The number of piperidine rings is 1. The summed E-state index contributed by atoms with van der Waals surface area (Å²) in [4.78, 5) is 6.57. The summed E-state index contributed by atoms with van der Waals surface area (Å²) in [5.41, 5.74) is 6.79. The number of likely N-dealkylation sites (tertiary alicyclic amines) is 1. The SMILES string of the molecule is C=C(C)CN=C(N)NCC1CCCN(C)C1.I. The number of nitrogens with one attached hydrogen (secondary N) is 1. The third kappa shape index (κ3) is 7.59. The van der Waals surface area contributed by atoms with E-state index >= 15 is 0 Å². The molecule has 0 aromatic rings. The number of aliphatic imine (C=N–C) groups is 1. The predicted octanol–water partition coefficient (Wildman–Crippen LogP) is 1.43. The Bertz CT molecular complexity index is 265. The van der Waals surface area contributed by atoms with Crippen LogP contribution in [0.4, 0.5) is 0 Å². The molecule has 3 N–H and O–H groups in total. The van der Waals surface area contributed by atoms with Crippen molar-refractivity contribution in [3.05, 3.63) is 12.2 Å². The van der Waals surface area contributed by atoms with Gasteiger partial charge in [0.2, 0.25) is 0 Å². The molecule has 17 heavy (non-hydrogen) atoms. The van der Waals surface area contributed by atoms with Crippen LogP contribution >= 0.6 is 24.0 Å². The van der Waals surface area contributed by atoms with Crippen molar-refractivity contribution in [3.63, 3.8) is 0 Å². The van der Waals surface area contributed by atoms with Gasteiger partial charge in [-0.15, -0.1) is 24.0 Å². The van der Waals surface area contributed by atoms with Crippen LogP contribution in [-0.4, -0.2) is 44.1 Å². The lowest BCUT2D eigenvalue weighted by Gasteiger charge is -2.29. The van der Waals surface area contributed by atoms with Crippen LogP contribution in [0.5, 0.6) is 0 Å². The van der Waals surface area contributed by atoms with Gasteiger partial charge in [-0.3, -0.25) is 0 Å². The molecule has 1 atom stereocenters. The fourth-order valence-electron chi connectivity index (χ4n) is 1.96. The number of nitrogens with zero attached hydrogens (tertiary/aromatic N) is 2. The van der Waals surface area contributed by atoms with Gasteiger partial charge in [0, 0.05) is 13.1 Å². The van der Waals surface area contributed by atoms with Gasteiger partial charge in [0.25, 0.3) is 0 Å². The second-order valence-corrected chi connectivity index (χ2v) is 4.81. The largest absolute Gasteiger partial charge is 0.370 e. The highest BCUT2D eigenvalue weighted by atomic mass is 127. The number of guanidine groups is 1. The molecule has 1 rings (SSSR count). The van der Waals surface area contributed by atoms with Crippen LogP contribution in [0, 0.1) is 5.92 Å². The van der Waals surface area contributed by atoms with Gasteiger partial charge in [0.15, 0.2) is 5.96 Å². The van der Waals surface area contributed by atoms with Crippen molar-refractivity contribution in [1.82, 2.24) is 10.2 Å². The van der Waals surface area contributed by atoms with E-state index in [9.17, 15) is 0 Å². The van der Waals surface area contributed by atoms with Gasteiger partial charge in [-0.25, -0.2) is 4.99 Å². The quantitative estimate of drug-likeness (QED) is 0.348. The maximum atomic E-state index is 5.76. The molecule has 1 aliphatic heterocycles. The van der Waals surface area contributed by atoms with Crippen LogP contribution in [0.15, 0.2) is 17.1 Å². The Morgan fingerprint density at radius 2 is 2.29 bits per heavy atom. The summed E-state index contributed by atoms with van der Waals surface area (Å²) < 4.78 is 0. The molecule has 1 saturated heterocycles. The van der Waals surface area contributed by atoms with E-state index in [1.54, 1.807) is 0 Å². The second-order valence-electron chi connectivity index (χ2n) is 4.81. The van der Waals surface area contributed by atoms with Gasteiger partial charge in [-0.05, 0) is 39.3 Å². The Labute approximate surface area is 122 Å². The first-order valence-corrected chi connectivity index (χ1v) is 5.94. The highest BCUT2D eigenvalue weighted by Crippen LogP contribution is 2.13. The topological polar surface area (TPSA) is 53.6 Å². The lowest BCUT2D eigenvalue weighted by molar-refractivity contribution is 0.210. The molecule has 1 aliphatic rings. The minimum atomic E-state index is 0. The lowest BCUT2D eigenvalue weighted by Crippen LogP contribution is -2.41. The first kappa shape index (κ1) is 16.7. The summed E-state index contributed by atoms with van der Waals surface area (Å²) in [6, 6.07) is 0. The van der Waals surface area contributed by atoms with E-state index in [0.29, 0.717) is 18.4 Å². The molecule has 0 aromatic heterocycles. The second kappa shape index (κ2) is 8.74. The summed E-state index contributed by atoms with van der Waals surface area (Å²) in [6.07, 6.45) is 2.57. The molecular formula is C12H25IN4. The summed E-state index contributed by atoms with van der Waals surface area (Å²) in [6.45, 7) is 9.65. The van der Waals surface area contributed by atoms with Gasteiger partial charge in [-0.2, -0.15) is 0 Å². The molecule has 1 unspecified atom stereocenters. The molecule has 0 spiro atoms. The van der Waals surface area contributed by atoms with Crippen molar-refractivity contribution < 1.29 is 0 Å². The van der Waals surface area contributed by atoms with E-state index in [2.05, 4.69) is 28.8 Å². The number of hydrogen-bond acceptors (Lipinski definition) is 2. The Morgan fingerprint density at radius 1 is 1.59 bits per heavy atom. The minimum absolute atomic E-state index is 0. The molecule has 4 nitrogen and oxygen atoms in total. The van der Waals surface area contributed by atoms with E-state index in [0.717, 1.165) is 18.7 Å². The molecule has 5 heteroatoms. The van der Waals surface area contributed by atoms with E-state index in [-0.39, 0.29) is 24.0 Å². The smallest absolute Gasteiger partial charge is 0.188 e. The van der Waals surface area contributed by atoms with Crippen molar-refractivity contribution in [2.24, 2.45) is 16.6 Å². The lowest BCUT2D eigenvalue weighted by atomic mass is 9.99. The van der Waals surface area contributed by atoms with Crippen molar-refractivity contribution in [2.75, 3.05) is 33.2 Å². The normalized spacial score (nSPS) is 21.8. The van der Waals surface area contributed by atoms with Gasteiger partial charge < -0.3 is 16.0 Å². The fraction of sp³-hybridized carbons (Fsp3) is 0.750. The van der Waals surface area contributed by atoms with Crippen molar-refractivity contribution in [1.29, 1.82) is 0 Å². The fourth-order valence-corrected chi connectivity index (χ4v) is 1.96. The summed E-state index contributed by atoms with van der Waals surface area (Å²) in [7, 11) is 2.17. The molecule has 100 valence electrons. The molecule has 0 aliphatic carbocycles. The van der Waals surface area contributed by atoms with Crippen LogP contribution in [0.1, 0.15) is 19.8 Å². The Kier molecular flexibility index (Phi) is 8.59. The molecule has 0 bridgehead atoms. The summed E-state index contributed by atoms with van der Waals surface area (Å²) in [5.74, 6) is 1.23. The Balaban J connectivity index is 0.00000256. The minimum Gasteiger partial charge on any atom is -0.370 e. The molecule has 0 saturated carbocycles. The highest BCUT2D eigenvalue weighted by molar-refractivity contribution is 14.0. The molecular weight excluding hydrogens is 327 g/mol. The standard InChI is InChI=1S/C12H24N4.HI/c1-10(2)7-14-12(13)15-8-11-5-4-6-16(3)9-11;/h11H,1,4-9H2,2-3H3,(H3,13,14,15);1H. The van der Waals surface area contributed by atoms with E-state index < -0.39 is 0 Å². The van der Waals surface area contributed by atoms with Gasteiger partial charge in [-0.1, -0.05) is 12.2 Å². The summed E-state index contributed by atoms with van der Waals surface area (Å²) >= 11 is 0. The first-order valence-electron chi connectivity index (χ1n) is 5.94. The zero-order chi connectivity index (χ0) is 12.0. The number of rotatable bonds is 4. The maximum absolute atomic E-state index is 5.76. The Morgan fingerprint density at radius 3 is 2.88 bits per heavy atom. The van der Waals surface area contributed by atoms with Crippen LogP contribution in [0.25, 0.3) is 0 Å². The average Bonchev–Trinajstić information content (AvgIpc) is 2.23. The molecule has 0 aromatic carbocycles. The van der Waals surface area contributed by atoms with Crippen LogP contribution in [0.3, 0.4) is 0 Å². The molecule has 0 amide bonds. The van der Waals surface area contributed by atoms with E-state index in [1.165, 1.54) is 19.4 Å². The predicted molar refractivity (Wildman–Crippen MR) is 84.9 cm³/mol. The van der Waals surface area contributed by atoms with Gasteiger partial charge in [0.05, 0.1) is 6.54 Å². The van der Waals surface area contributed by atoms with Gasteiger partial charge in [0.1, 0.15) is 0 Å². The number of hydrogen-bond donors (Lipinski definition) is 2. The van der Waals surface area contributed by atoms with Crippen molar-refractivity contribution >= 4 is 29.9 Å². The van der Waals surface area contributed by atoms with E-state index in [1.807, 2.05) is 6.92 Å². The van der Waals surface area contributed by atoms with Crippen molar-refractivity contribution in [3.8, 4) is 0 Å². The third-order valence-electron chi connectivity index (χ3n) is 2.81. The first-order chi connectivity index (χ1) is 7.58. The third-order valence-corrected chi connectivity index (χ3v) is 2.81. The van der Waals surface area contributed by atoms with Crippen molar-refractivity contribution in [2.45, 2.75) is 19.8 Å². The van der Waals surface area contributed by atoms with Crippen LogP contribution in [-0.2, 0) is 0 Å². The molecule has 1 heterocycles.